The number of aromatic nitrogens is 2. The predicted molar refractivity (Wildman–Crippen MR) is 77.6 cm³/mol. The fourth-order valence-corrected chi connectivity index (χ4v) is 2.18. The lowest BCUT2D eigenvalue weighted by Gasteiger charge is -2.13. The quantitative estimate of drug-likeness (QED) is 0.895. The van der Waals surface area contributed by atoms with Crippen molar-refractivity contribution in [3.05, 3.63) is 46.2 Å². The number of hydrogen-bond acceptors (Lipinski definition) is 3. The van der Waals surface area contributed by atoms with Gasteiger partial charge in [0.2, 0.25) is 0 Å². The first-order chi connectivity index (χ1) is 9.91. The second-order valence-corrected chi connectivity index (χ2v) is 5.26. The molecule has 0 amide bonds. The zero-order chi connectivity index (χ0) is 15.5. The molecule has 0 saturated carbocycles. The van der Waals surface area contributed by atoms with E-state index in [0.29, 0.717) is 16.7 Å². The van der Waals surface area contributed by atoms with Gasteiger partial charge < -0.3 is 5.32 Å². The van der Waals surface area contributed by atoms with Crippen molar-refractivity contribution in [1.82, 2.24) is 15.3 Å². The Hall–Kier alpha value is -1.47. The van der Waals surface area contributed by atoms with Crippen molar-refractivity contribution in [3.63, 3.8) is 0 Å². The summed E-state index contributed by atoms with van der Waals surface area (Å²) in [5, 5.41) is 3.08. The van der Waals surface area contributed by atoms with Gasteiger partial charge in [0, 0.05) is 22.8 Å². The zero-order valence-corrected chi connectivity index (χ0v) is 12.8. The largest absolute Gasteiger partial charge is 0.417 e. The first-order valence-corrected chi connectivity index (χ1v) is 7.11. The maximum Gasteiger partial charge on any atom is 0.417 e. The lowest BCUT2D eigenvalue weighted by Crippen LogP contribution is -2.14. The molecule has 1 N–H and O–H groups in total. The summed E-state index contributed by atoms with van der Waals surface area (Å²) in [6.45, 7) is 3.19. The minimum atomic E-state index is -4.46. The molecule has 2 rings (SSSR count). The molecule has 0 aliphatic heterocycles. The van der Waals surface area contributed by atoms with Gasteiger partial charge in [-0.15, -0.1) is 0 Å². The number of nitrogens with zero attached hydrogens (tertiary/aromatic N) is 2. The van der Waals surface area contributed by atoms with Crippen LogP contribution in [0.1, 0.15) is 18.2 Å². The molecule has 0 spiro atoms. The molecule has 0 fully saturated rings. The van der Waals surface area contributed by atoms with E-state index in [0.717, 1.165) is 12.6 Å². The van der Waals surface area contributed by atoms with Crippen LogP contribution in [0.15, 0.2) is 34.9 Å². The van der Waals surface area contributed by atoms with Crippen molar-refractivity contribution in [2.75, 3.05) is 6.54 Å². The van der Waals surface area contributed by atoms with Gasteiger partial charge in [-0.25, -0.2) is 9.97 Å². The maximum atomic E-state index is 13.1. The third-order valence-corrected chi connectivity index (χ3v) is 3.29. The van der Waals surface area contributed by atoms with Gasteiger partial charge in [-0.05, 0) is 30.8 Å². The van der Waals surface area contributed by atoms with Crippen LogP contribution in [0, 0.1) is 0 Å². The molecule has 0 unspecified atom stereocenters. The van der Waals surface area contributed by atoms with Crippen molar-refractivity contribution in [2.24, 2.45) is 0 Å². The summed E-state index contributed by atoms with van der Waals surface area (Å²) in [5.41, 5.74) is -0.126. The highest BCUT2D eigenvalue weighted by Crippen LogP contribution is 2.37. The third kappa shape index (κ3) is 4.01. The SMILES string of the molecule is CCNCc1ccnc(-c2ccc(Br)cc2C(F)(F)F)n1. The highest BCUT2D eigenvalue weighted by Gasteiger charge is 2.34. The average molecular weight is 360 g/mol. The molecule has 0 radical (unpaired) electrons. The van der Waals surface area contributed by atoms with Crippen LogP contribution >= 0.6 is 15.9 Å². The molecule has 0 aliphatic rings. The molecule has 1 aromatic carbocycles. The van der Waals surface area contributed by atoms with Crippen LogP contribution in [0.2, 0.25) is 0 Å². The first kappa shape index (κ1) is 15.9. The van der Waals surface area contributed by atoms with E-state index in [9.17, 15) is 13.2 Å². The minimum Gasteiger partial charge on any atom is -0.311 e. The van der Waals surface area contributed by atoms with E-state index in [1.807, 2.05) is 6.92 Å². The van der Waals surface area contributed by atoms with E-state index in [1.54, 1.807) is 12.1 Å². The Bertz CT molecular complexity index is 629. The predicted octanol–water partition coefficient (Wildman–Crippen LogP) is 4.03. The average Bonchev–Trinajstić information content (AvgIpc) is 2.44. The van der Waals surface area contributed by atoms with Crippen LogP contribution in [0.4, 0.5) is 13.2 Å². The van der Waals surface area contributed by atoms with Crippen molar-refractivity contribution in [1.29, 1.82) is 0 Å². The highest BCUT2D eigenvalue weighted by molar-refractivity contribution is 9.10. The monoisotopic (exact) mass is 359 g/mol. The zero-order valence-electron chi connectivity index (χ0n) is 11.2. The second-order valence-electron chi connectivity index (χ2n) is 4.34. The van der Waals surface area contributed by atoms with Gasteiger partial charge in [0.25, 0.3) is 0 Å². The van der Waals surface area contributed by atoms with Gasteiger partial charge in [-0.3, -0.25) is 0 Å². The third-order valence-electron chi connectivity index (χ3n) is 2.80. The van der Waals surface area contributed by atoms with E-state index in [-0.39, 0.29) is 11.4 Å². The van der Waals surface area contributed by atoms with Gasteiger partial charge in [-0.1, -0.05) is 22.9 Å². The molecule has 0 saturated heterocycles. The number of halogens is 4. The fourth-order valence-electron chi connectivity index (χ4n) is 1.82. The lowest BCUT2D eigenvalue weighted by molar-refractivity contribution is -0.137. The highest BCUT2D eigenvalue weighted by atomic mass is 79.9. The minimum absolute atomic E-state index is 0.0240. The molecular weight excluding hydrogens is 347 g/mol. The van der Waals surface area contributed by atoms with Crippen LogP contribution in [0.5, 0.6) is 0 Å². The van der Waals surface area contributed by atoms with Crippen molar-refractivity contribution < 1.29 is 13.2 Å². The second kappa shape index (κ2) is 6.53. The summed E-state index contributed by atoms with van der Waals surface area (Å²) in [6, 6.07) is 5.64. The first-order valence-electron chi connectivity index (χ1n) is 6.31. The van der Waals surface area contributed by atoms with Crippen LogP contribution < -0.4 is 5.32 Å². The standard InChI is InChI=1S/C14H13BrF3N3/c1-2-19-8-10-5-6-20-13(21-10)11-4-3-9(15)7-12(11)14(16,17)18/h3-7,19H,2,8H2,1H3. The summed E-state index contributed by atoms with van der Waals surface area (Å²) in [4.78, 5) is 8.16. The Morgan fingerprint density at radius 3 is 2.67 bits per heavy atom. The number of nitrogens with one attached hydrogen (secondary N) is 1. The molecule has 2 aromatic rings. The van der Waals surface area contributed by atoms with Gasteiger partial charge >= 0.3 is 6.18 Å². The van der Waals surface area contributed by atoms with E-state index in [2.05, 4.69) is 31.2 Å². The Morgan fingerprint density at radius 1 is 1.24 bits per heavy atom. The summed E-state index contributed by atoms with van der Waals surface area (Å²) >= 11 is 3.06. The molecule has 0 aliphatic carbocycles. The van der Waals surface area contributed by atoms with Crippen molar-refractivity contribution >= 4 is 15.9 Å². The van der Waals surface area contributed by atoms with Gasteiger partial charge in [0.05, 0.1) is 11.3 Å². The van der Waals surface area contributed by atoms with Crippen LogP contribution in [-0.2, 0) is 12.7 Å². The summed E-state index contributed by atoms with van der Waals surface area (Å²) in [7, 11) is 0. The maximum absolute atomic E-state index is 13.1. The Balaban J connectivity index is 2.47. The van der Waals surface area contributed by atoms with Crippen molar-refractivity contribution in [2.45, 2.75) is 19.6 Å². The number of alkyl halides is 3. The molecule has 21 heavy (non-hydrogen) atoms. The molecule has 3 nitrogen and oxygen atoms in total. The van der Waals surface area contributed by atoms with Crippen LogP contribution in [0.3, 0.4) is 0 Å². The molecule has 1 heterocycles. The molecule has 0 bridgehead atoms. The Kier molecular flexibility index (Phi) is 4.95. The van der Waals surface area contributed by atoms with Gasteiger partial charge in [-0.2, -0.15) is 13.2 Å². The van der Waals surface area contributed by atoms with Crippen molar-refractivity contribution in [3.8, 4) is 11.4 Å². The normalized spacial score (nSPS) is 11.7. The van der Waals surface area contributed by atoms with Crippen LogP contribution in [0.25, 0.3) is 11.4 Å². The topological polar surface area (TPSA) is 37.8 Å². The van der Waals surface area contributed by atoms with Crippen LogP contribution in [-0.4, -0.2) is 16.5 Å². The lowest BCUT2D eigenvalue weighted by atomic mass is 10.1. The molecule has 7 heteroatoms. The summed E-state index contributed by atoms with van der Waals surface area (Å²) < 4.78 is 39.7. The Morgan fingerprint density at radius 2 is 2.00 bits per heavy atom. The smallest absolute Gasteiger partial charge is 0.311 e. The summed E-state index contributed by atoms with van der Waals surface area (Å²) in [6.07, 6.45) is -2.99. The molecular formula is C14H13BrF3N3. The van der Waals surface area contributed by atoms with E-state index in [4.69, 9.17) is 0 Å². The summed E-state index contributed by atoms with van der Waals surface area (Å²) in [5.74, 6) is 0.0743. The Labute approximate surface area is 128 Å². The molecule has 112 valence electrons. The van der Waals surface area contributed by atoms with Gasteiger partial charge in [0.15, 0.2) is 5.82 Å². The molecule has 1 aromatic heterocycles. The number of benzene rings is 1. The van der Waals surface area contributed by atoms with Gasteiger partial charge in [0.1, 0.15) is 0 Å². The fraction of sp³-hybridized carbons (Fsp3) is 0.286. The van der Waals surface area contributed by atoms with E-state index >= 15 is 0 Å². The number of hydrogen-bond donors (Lipinski definition) is 1. The molecule has 0 atom stereocenters. The number of rotatable bonds is 4. The van der Waals surface area contributed by atoms with E-state index < -0.39 is 11.7 Å². The van der Waals surface area contributed by atoms with E-state index in [1.165, 1.54) is 12.3 Å².